The lowest BCUT2D eigenvalue weighted by atomic mass is 9.88. The highest BCUT2D eigenvalue weighted by Crippen LogP contribution is 2.33. The summed E-state index contributed by atoms with van der Waals surface area (Å²) in [4.78, 5) is 6.98. The van der Waals surface area contributed by atoms with E-state index in [1.165, 1.54) is 29.4 Å². The van der Waals surface area contributed by atoms with Crippen molar-refractivity contribution < 1.29 is 8.78 Å². The van der Waals surface area contributed by atoms with E-state index in [2.05, 4.69) is 33.8 Å². The first kappa shape index (κ1) is 22.0. The van der Waals surface area contributed by atoms with E-state index < -0.39 is 0 Å². The molecular weight excluding hydrogens is 434 g/mol. The number of anilines is 2. The number of nitrogens with zero attached hydrogens (tertiary/aromatic N) is 2. The Hall–Kier alpha value is -2.16. The number of halogens is 2. The first-order valence-corrected chi connectivity index (χ1v) is 12.0. The molecule has 1 aromatic heterocycles. The first-order valence-electron chi connectivity index (χ1n) is 10.2. The second-order valence-electron chi connectivity index (χ2n) is 8.34. The molecule has 1 aliphatic rings. The van der Waals surface area contributed by atoms with Gasteiger partial charge in [-0.25, -0.2) is 13.8 Å². The number of thiazole rings is 1. The maximum atomic E-state index is 14.9. The summed E-state index contributed by atoms with van der Waals surface area (Å²) < 4.78 is 32.6. The molecule has 0 bridgehead atoms. The minimum absolute atomic E-state index is 0.150. The quantitative estimate of drug-likeness (QED) is 0.378. The van der Waals surface area contributed by atoms with Gasteiger partial charge >= 0.3 is 0 Å². The van der Waals surface area contributed by atoms with Gasteiger partial charge in [-0.3, -0.25) is 4.90 Å². The molecule has 1 saturated heterocycles. The van der Waals surface area contributed by atoms with Crippen LogP contribution in [0.2, 0.25) is 0 Å². The average Bonchev–Trinajstić information content (AvgIpc) is 3.26. The highest BCUT2D eigenvalue weighted by molar-refractivity contribution is 8.00. The standard InChI is InChI=1S/C23H26F2N4S2/c1-15-19(7-8-20(22(15)25)31-28-21-13-30-14-27-21)26-11-17-16(5-4-6-18(17)24)12-29-10-9-23(29,2)3/h4-8,13-14,26,28H,9-12H2,1-3H3. The summed E-state index contributed by atoms with van der Waals surface area (Å²) in [7, 11) is 0. The smallest absolute Gasteiger partial charge is 0.147 e. The van der Waals surface area contributed by atoms with Gasteiger partial charge < -0.3 is 10.0 Å². The van der Waals surface area contributed by atoms with Crippen LogP contribution in [-0.2, 0) is 13.1 Å². The van der Waals surface area contributed by atoms with Crippen molar-refractivity contribution in [2.45, 2.75) is 50.7 Å². The number of nitrogens with one attached hydrogen (secondary N) is 2. The molecule has 2 N–H and O–H groups in total. The van der Waals surface area contributed by atoms with Crippen molar-refractivity contribution in [3.05, 3.63) is 69.5 Å². The Bertz CT molecular complexity index is 1050. The molecule has 1 aliphatic heterocycles. The number of aromatic nitrogens is 1. The number of benzene rings is 2. The lowest BCUT2D eigenvalue weighted by Gasteiger charge is -2.48. The van der Waals surface area contributed by atoms with E-state index in [9.17, 15) is 8.78 Å². The summed E-state index contributed by atoms with van der Waals surface area (Å²) in [5.41, 5.74) is 4.64. The summed E-state index contributed by atoms with van der Waals surface area (Å²) in [5.74, 6) is 0.168. The molecule has 0 spiro atoms. The van der Waals surface area contributed by atoms with E-state index in [4.69, 9.17) is 0 Å². The Morgan fingerprint density at radius 2 is 2.06 bits per heavy atom. The molecule has 3 aromatic rings. The van der Waals surface area contributed by atoms with Crippen molar-refractivity contribution in [3.63, 3.8) is 0 Å². The minimum Gasteiger partial charge on any atom is -0.381 e. The van der Waals surface area contributed by atoms with Gasteiger partial charge in [0.25, 0.3) is 0 Å². The summed E-state index contributed by atoms with van der Waals surface area (Å²) in [6, 6.07) is 8.78. The summed E-state index contributed by atoms with van der Waals surface area (Å²) in [6.07, 6.45) is 1.15. The zero-order chi connectivity index (χ0) is 22.0. The van der Waals surface area contributed by atoms with Gasteiger partial charge in [-0.2, -0.15) is 0 Å². The van der Waals surface area contributed by atoms with Gasteiger partial charge in [0.1, 0.15) is 17.5 Å². The molecule has 0 unspecified atom stereocenters. The van der Waals surface area contributed by atoms with Crippen LogP contribution >= 0.6 is 23.3 Å². The molecule has 31 heavy (non-hydrogen) atoms. The predicted molar refractivity (Wildman–Crippen MR) is 126 cm³/mol. The van der Waals surface area contributed by atoms with Crippen molar-refractivity contribution in [1.82, 2.24) is 9.88 Å². The highest BCUT2D eigenvalue weighted by atomic mass is 32.2. The van der Waals surface area contributed by atoms with Gasteiger partial charge in [-0.1, -0.05) is 12.1 Å². The van der Waals surface area contributed by atoms with Crippen LogP contribution in [0.4, 0.5) is 20.3 Å². The van der Waals surface area contributed by atoms with Crippen LogP contribution in [0.15, 0.2) is 46.1 Å². The highest BCUT2D eigenvalue weighted by Gasteiger charge is 2.35. The molecule has 0 atom stereocenters. The summed E-state index contributed by atoms with van der Waals surface area (Å²) in [5, 5.41) is 5.10. The van der Waals surface area contributed by atoms with E-state index >= 15 is 0 Å². The summed E-state index contributed by atoms with van der Waals surface area (Å²) >= 11 is 2.66. The van der Waals surface area contributed by atoms with Gasteiger partial charge in [0.15, 0.2) is 0 Å². The number of hydrogen-bond acceptors (Lipinski definition) is 6. The third-order valence-electron chi connectivity index (χ3n) is 5.93. The zero-order valence-corrected chi connectivity index (χ0v) is 19.5. The molecule has 2 aromatic carbocycles. The lowest BCUT2D eigenvalue weighted by Crippen LogP contribution is -2.55. The molecule has 164 valence electrons. The molecule has 8 heteroatoms. The van der Waals surface area contributed by atoms with Gasteiger partial charge in [-0.05, 0) is 62.9 Å². The third kappa shape index (κ3) is 4.86. The second kappa shape index (κ2) is 9.14. The fourth-order valence-electron chi connectivity index (χ4n) is 3.65. The van der Waals surface area contributed by atoms with Crippen molar-refractivity contribution >= 4 is 34.8 Å². The monoisotopic (exact) mass is 460 g/mol. The van der Waals surface area contributed by atoms with E-state index in [1.807, 2.05) is 17.5 Å². The van der Waals surface area contributed by atoms with Crippen LogP contribution in [0.5, 0.6) is 0 Å². The molecular formula is C23H26F2N4S2. The molecule has 1 fully saturated rings. The van der Waals surface area contributed by atoms with E-state index in [1.54, 1.807) is 24.6 Å². The fourth-order valence-corrected chi connectivity index (χ4v) is 4.91. The maximum absolute atomic E-state index is 14.9. The van der Waals surface area contributed by atoms with E-state index in [-0.39, 0.29) is 17.2 Å². The molecule has 2 heterocycles. The van der Waals surface area contributed by atoms with Gasteiger partial charge in [0.2, 0.25) is 0 Å². The Morgan fingerprint density at radius 3 is 2.74 bits per heavy atom. The van der Waals surface area contributed by atoms with Crippen molar-refractivity contribution in [2.75, 3.05) is 16.6 Å². The SMILES string of the molecule is Cc1c(NCc2c(F)cccc2CN2CCC2(C)C)ccc(SNc2cscn2)c1F. The number of rotatable bonds is 8. The molecule has 0 aliphatic carbocycles. The Labute approximate surface area is 190 Å². The second-order valence-corrected chi connectivity index (χ2v) is 9.91. The average molecular weight is 461 g/mol. The number of likely N-dealkylation sites (tertiary alicyclic amines) is 1. The van der Waals surface area contributed by atoms with Crippen LogP contribution < -0.4 is 10.0 Å². The Kier molecular flexibility index (Phi) is 6.50. The van der Waals surface area contributed by atoms with E-state index in [0.717, 1.165) is 18.5 Å². The van der Waals surface area contributed by atoms with Gasteiger partial charge in [-0.15, -0.1) is 11.3 Å². The third-order valence-corrected chi connectivity index (χ3v) is 7.36. The first-order chi connectivity index (χ1) is 14.8. The lowest BCUT2D eigenvalue weighted by molar-refractivity contribution is 0.00766. The number of hydrogen-bond donors (Lipinski definition) is 2. The Balaban J connectivity index is 1.46. The fraction of sp³-hybridized carbons (Fsp3) is 0.348. The van der Waals surface area contributed by atoms with Crippen molar-refractivity contribution in [2.24, 2.45) is 0 Å². The van der Waals surface area contributed by atoms with Crippen LogP contribution in [0.25, 0.3) is 0 Å². The largest absolute Gasteiger partial charge is 0.381 e. The van der Waals surface area contributed by atoms with Crippen molar-refractivity contribution in [3.8, 4) is 0 Å². The maximum Gasteiger partial charge on any atom is 0.147 e. The topological polar surface area (TPSA) is 40.2 Å². The van der Waals surface area contributed by atoms with Crippen LogP contribution in [-0.4, -0.2) is 22.0 Å². The normalized spacial score (nSPS) is 15.5. The zero-order valence-electron chi connectivity index (χ0n) is 17.8. The van der Waals surface area contributed by atoms with Crippen LogP contribution in [0.3, 0.4) is 0 Å². The van der Waals surface area contributed by atoms with E-state index in [0.29, 0.717) is 40.6 Å². The van der Waals surface area contributed by atoms with Gasteiger partial charge in [0, 0.05) is 47.4 Å². The molecule has 0 radical (unpaired) electrons. The molecule has 0 amide bonds. The summed E-state index contributed by atoms with van der Waals surface area (Å²) in [6.45, 7) is 8.20. The van der Waals surface area contributed by atoms with Crippen LogP contribution in [0, 0.1) is 18.6 Å². The van der Waals surface area contributed by atoms with Crippen LogP contribution in [0.1, 0.15) is 37.0 Å². The Morgan fingerprint density at radius 1 is 1.23 bits per heavy atom. The predicted octanol–water partition coefficient (Wildman–Crippen LogP) is 6.45. The minimum atomic E-state index is -0.297. The van der Waals surface area contributed by atoms with Gasteiger partial charge in [0.05, 0.1) is 10.4 Å². The molecule has 0 saturated carbocycles. The molecule has 4 nitrogen and oxygen atoms in total. The molecule has 4 rings (SSSR count). The van der Waals surface area contributed by atoms with Crippen molar-refractivity contribution in [1.29, 1.82) is 0 Å².